The summed E-state index contributed by atoms with van der Waals surface area (Å²) >= 11 is 0. The third-order valence-electron chi connectivity index (χ3n) is 5.17. The zero-order chi connectivity index (χ0) is 22.6. The van der Waals surface area contributed by atoms with Gasteiger partial charge in [-0.3, -0.25) is 14.4 Å². The van der Waals surface area contributed by atoms with Gasteiger partial charge in [0.2, 0.25) is 0 Å². The van der Waals surface area contributed by atoms with E-state index in [0.717, 1.165) is 23.9 Å². The van der Waals surface area contributed by atoms with Gasteiger partial charge >= 0.3 is 5.97 Å². The van der Waals surface area contributed by atoms with E-state index in [1.807, 2.05) is 42.5 Å². The summed E-state index contributed by atoms with van der Waals surface area (Å²) in [6.07, 6.45) is 1.12. The molecule has 0 radical (unpaired) electrons. The lowest BCUT2D eigenvalue weighted by atomic mass is 10.00. The van der Waals surface area contributed by atoms with Crippen molar-refractivity contribution in [3.05, 3.63) is 48.0 Å². The predicted molar refractivity (Wildman–Crippen MR) is 117 cm³/mol. The Morgan fingerprint density at radius 1 is 1.23 bits per heavy atom. The number of nitrogens with one attached hydrogen (secondary N) is 1. The fraction of sp³-hybridized carbons (Fsp3) is 0.435. The van der Waals surface area contributed by atoms with Crippen molar-refractivity contribution in [2.24, 2.45) is 0 Å². The van der Waals surface area contributed by atoms with Gasteiger partial charge in [-0.2, -0.15) is 0 Å². The van der Waals surface area contributed by atoms with Crippen LogP contribution >= 0.6 is 0 Å². The number of hydrogen-bond acceptors (Lipinski definition) is 6. The average Bonchev–Trinajstić information content (AvgIpc) is 2.76. The van der Waals surface area contributed by atoms with E-state index in [-0.39, 0.29) is 24.4 Å². The lowest BCUT2D eigenvalue weighted by Gasteiger charge is -2.36. The second kappa shape index (κ2) is 12.7. The van der Waals surface area contributed by atoms with E-state index in [1.165, 1.54) is 0 Å². The maximum Gasteiger partial charge on any atom is 0.305 e. The van der Waals surface area contributed by atoms with Crippen molar-refractivity contribution in [2.75, 3.05) is 26.2 Å². The summed E-state index contributed by atoms with van der Waals surface area (Å²) in [5, 5.41) is 22.2. The Bertz CT molecular complexity index is 867. The number of amides is 1. The van der Waals surface area contributed by atoms with Crippen molar-refractivity contribution in [3.8, 4) is 0 Å². The first-order chi connectivity index (χ1) is 15.0. The highest BCUT2D eigenvalue weighted by molar-refractivity contribution is 6.07. The third-order valence-corrected chi connectivity index (χ3v) is 5.17. The molecule has 2 aromatic carbocycles. The van der Waals surface area contributed by atoms with E-state index in [2.05, 4.69) is 10.2 Å². The highest BCUT2D eigenvalue weighted by Gasteiger charge is 2.29. The van der Waals surface area contributed by atoms with Crippen molar-refractivity contribution < 1.29 is 29.3 Å². The lowest BCUT2D eigenvalue weighted by Crippen LogP contribution is -2.55. The van der Waals surface area contributed by atoms with Crippen LogP contribution in [0, 0.1) is 0 Å². The van der Waals surface area contributed by atoms with Crippen LogP contribution < -0.4 is 5.32 Å². The molecular weight excluding hydrogens is 400 g/mol. The maximum atomic E-state index is 12.9. The SMILES string of the molecule is CCOC(=O)CCCN1CC[C@H](O)[C@H](NC(=O)c2cccc3ccccc23)C1.O=CO. The van der Waals surface area contributed by atoms with Crippen LogP contribution in [0.3, 0.4) is 0 Å². The molecule has 0 bridgehead atoms. The first kappa shape index (κ1) is 24.3. The molecule has 0 aliphatic carbocycles. The predicted octanol–water partition coefficient (Wildman–Crippen LogP) is 2.05. The standard InChI is InChI=1S/C22H28N2O4.CH2O2/c1-2-28-21(26)11-6-13-24-14-12-20(25)19(15-24)23-22(27)18-10-5-8-16-7-3-4-9-17(16)18;2-1-3/h3-5,7-10,19-20,25H,2,6,11-15H2,1H3,(H,23,27);1H,(H,2,3)/t19-,20+;/m1./s1. The Morgan fingerprint density at radius 2 is 1.94 bits per heavy atom. The van der Waals surface area contributed by atoms with Crippen molar-refractivity contribution >= 4 is 29.1 Å². The van der Waals surface area contributed by atoms with E-state index >= 15 is 0 Å². The smallest absolute Gasteiger partial charge is 0.305 e. The minimum Gasteiger partial charge on any atom is -0.483 e. The Morgan fingerprint density at radius 3 is 2.68 bits per heavy atom. The number of hydrogen-bond donors (Lipinski definition) is 3. The van der Waals surface area contributed by atoms with E-state index in [4.69, 9.17) is 14.6 Å². The molecule has 8 nitrogen and oxygen atoms in total. The molecule has 0 unspecified atom stereocenters. The van der Waals surface area contributed by atoms with Crippen LogP contribution in [0.25, 0.3) is 10.8 Å². The first-order valence-corrected chi connectivity index (χ1v) is 10.4. The number of esters is 1. The van der Waals surface area contributed by atoms with E-state index in [1.54, 1.807) is 6.92 Å². The number of carbonyl (C=O) groups excluding carboxylic acids is 2. The molecule has 168 valence electrons. The molecule has 3 rings (SSSR count). The molecule has 1 heterocycles. The summed E-state index contributed by atoms with van der Waals surface area (Å²) in [5.74, 6) is -0.352. The molecule has 1 aliphatic rings. The Kier molecular flexibility index (Phi) is 9.93. The van der Waals surface area contributed by atoms with Gasteiger partial charge in [0.1, 0.15) is 0 Å². The number of benzene rings is 2. The summed E-state index contributed by atoms with van der Waals surface area (Å²) in [6, 6.07) is 13.1. The number of carboxylic acid groups (broad SMARTS) is 1. The number of nitrogens with zero attached hydrogens (tertiary/aromatic N) is 1. The molecule has 2 atom stereocenters. The molecular formula is C23H30N2O6. The van der Waals surface area contributed by atoms with Gasteiger partial charge < -0.3 is 25.2 Å². The number of ether oxygens (including phenoxy) is 1. The molecule has 0 spiro atoms. The van der Waals surface area contributed by atoms with Crippen LogP contribution in [0.2, 0.25) is 0 Å². The van der Waals surface area contributed by atoms with Crippen molar-refractivity contribution in [1.82, 2.24) is 10.2 Å². The summed E-state index contributed by atoms with van der Waals surface area (Å²) < 4.78 is 4.95. The number of likely N-dealkylation sites (tertiary alicyclic amines) is 1. The molecule has 3 N–H and O–H groups in total. The number of aliphatic hydroxyl groups is 1. The molecule has 2 aromatic rings. The quantitative estimate of drug-likeness (QED) is 0.455. The van der Waals surface area contributed by atoms with Gasteiger partial charge in [-0.1, -0.05) is 36.4 Å². The molecule has 8 heteroatoms. The normalized spacial score (nSPS) is 18.5. The number of rotatable bonds is 7. The number of fused-ring (bicyclic) bond motifs is 1. The van der Waals surface area contributed by atoms with Crippen molar-refractivity contribution in [1.29, 1.82) is 0 Å². The molecule has 1 aliphatic heterocycles. The lowest BCUT2D eigenvalue weighted by molar-refractivity contribution is -0.143. The average molecular weight is 431 g/mol. The van der Waals surface area contributed by atoms with Crippen LogP contribution in [-0.4, -0.2) is 71.8 Å². The second-order valence-corrected chi connectivity index (χ2v) is 7.28. The van der Waals surface area contributed by atoms with Gasteiger partial charge in [0.15, 0.2) is 0 Å². The number of aliphatic hydroxyl groups excluding tert-OH is 1. The number of carbonyl (C=O) groups is 3. The molecule has 0 aromatic heterocycles. The van der Waals surface area contributed by atoms with E-state index < -0.39 is 6.10 Å². The third kappa shape index (κ3) is 7.34. The van der Waals surface area contributed by atoms with Crippen LogP contribution in [0.5, 0.6) is 0 Å². The van der Waals surface area contributed by atoms with Gasteiger partial charge in [-0.25, -0.2) is 0 Å². The minimum absolute atomic E-state index is 0.172. The molecule has 31 heavy (non-hydrogen) atoms. The first-order valence-electron chi connectivity index (χ1n) is 10.4. The Balaban J connectivity index is 0.00000107. The van der Waals surface area contributed by atoms with E-state index in [9.17, 15) is 14.7 Å². The van der Waals surface area contributed by atoms with Gasteiger partial charge in [-0.05, 0) is 43.1 Å². The summed E-state index contributed by atoms with van der Waals surface area (Å²) in [6.45, 7) is 4.02. The summed E-state index contributed by atoms with van der Waals surface area (Å²) in [5.41, 5.74) is 0.615. The van der Waals surface area contributed by atoms with Gasteiger partial charge in [0.05, 0.1) is 18.8 Å². The van der Waals surface area contributed by atoms with Crippen molar-refractivity contribution in [3.63, 3.8) is 0 Å². The number of piperidine rings is 1. The topological polar surface area (TPSA) is 116 Å². The molecule has 1 amide bonds. The second-order valence-electron chi connectivity index (χ2n) is 7.28. The Labute approximate surface area is 181 Å². The fourth-order valence-electron chi connectivity index (χ4n) is 3.70. The van der Waals surface area contributed by atoms with Crippen LogP contribution in [0.1, 0.15) is 36.5 Å². The minimum atomic E-state index is -0.569. The van der Waals surface area contributed by atoms with Crippen LogP contribution in [0.15, 0.2) is 42.5 Å². The monoisotopic (exact) mass is 430 g/mol. The van der Waals surface area contributed by atoms with Gasteiger partial charge in [0, 0.05) is 25.1 Å². The highest BCUT2D eigenvalue weighted by atomic mass is 16.5. The van der Waals surface area contributed by atoms with Gasteiger partial charge in [-0.15, -0.1) is 0 Å². The summed E-state index contributed by atoms with van der Waals surface area (Å²) in [4.78, 5) is 34.9. The zero-order valence-electron chi connectivity index (χ0n) is 17.7. The van der Waals surface area contributed by atoms with Crippen LogP contribution in [-0.2, 0) is 14.3 Å². The molecule has 1 saturated heterocycles. The van der Waals surface area contributed by atoms with Crippen molar-refractivity contribution in [2.45, 2.75) is 38.3 Å². The largest absolute Gasteiger partial charge is 0.483 e. The highest BCUT2D eigenvalue weighted by Crippen LogP contribution is 2.19. The van der Waals surface area contributed by atoms with Gasteiger partial charge in [0.25, 0.3) is 12.4 Å². The zero-order valence-corrected chi connectivity index (χ0v) is 17.7. The Hall–Kier alpha value is -2.97. The van der Waals surface area contributed by atoms with E-state index in [0.29, 0.717) is 38.0 Å². The van der Waals surface area contributed by atoms with Crippen LogP contribution in [0.4, 0.5) is 0 Å². The summed E-state index contributed by atoms with van der Waals surface area (Å²) in [7, 11) is 0. The molecule has 0 saturated carbocycles. The molecule has 1 fully saturated rings. The maximum absolute atomic E-state index is 12.9. The fourth-order valence-corrected chi connectivity index (χ4v) is 3.70.